The molecule has 3 rings (SSSR count). The topological polar surface area (TPSA) is 20.3 Å². The molecule has 0 spiro atoms. The molecule has 0 unspecified atom stereocenters. The Kier molecular flexibility index (Phi) is 3.35. The number of nitrogens with zero attached hydrogens (tertiary/aromatic N) is 1. The van der Waals surface area contributed by atoms with Crippen LogP contribution in [0.15, 0.2) is 24.3 Å². The fourth-order valence-electron chi connectivity index (χ4n) is 3.32. The van der Waals surface area contributed by atoms with Crippen molar-refractivity contribution in [3.8, 4) is 0 Å². The van der Waals surface area contributed by atoms with Crippen molar-refractivity contribution < 1.29 is 4.79 Å². The summed E-state index contributed by atoms with van der Waals surface area (Å²) in [6.07, 6.45) is 8.25. The molecule has 1 aromatic rings. The van der Waals surface area contributed by atoms with Gasteiger partial charge in [-0.15, -0.1) is 0 Å². The van der Waals surface area contributed by atoms with Crippen LogP contribution in [0.4, 0.5) is 5.69 Å². The van der Waals surface area contributed by atoms with Crippen molar-refractivity contribution in [3.05, 3.63) is 29.8 Å². The summed E-state index contributed by atoms with van der Waals surface area (Å²) in [4.78, 5) is 14.2. The molecule has 0 saturated heterocycles. The van der Waals surface area contributed by atoms with Gasteiger partial charge < -0.3 is 4.90 Å². The maximum absolute atomic E-state index is 12.2. The van der Waals surface area contributed by atoms with E-state index in [0.717, 1.165) is 13.0 Å². The number of rotatable bonds is 2. The highest BCUT2D eigenvalue weighted by atomic mass is 16.2. The SMILES string of the molecule is O=C1CCc2ccccc2N1CC1CCCCC1. The summed E-state index contributed by atoms with van der Waals surface area (Å²) in [5, 5.41) is 0. The van der Waals surface area contributed by atoms with Crippen molar-refractivity contribution in [2.75, 3.05) is 11.4 Å². The number of fused-ring (bicyclic) bond motifs is 1. The molecule has 2 aliphatic rings. The van der Waals surface area contributed by atoms with Gasteiger partial charge in [-0.2, -0.15) is 0 Å². The maximum atomic E-state index is 12.2. The quantitative estimate of drug-likeness (QED) is 0.778. The molecule has 1 heterocycles. The average Bonchev–Trinajstić information content (AvgIpc) is 2.43. The first-order chi connectivity index (χ1) is 8.84. The number of para-hydroxylation sites is 1. The third-order valence-corrected chi connectivity index (χ3v) is 4.36. The second-order valence-electron chi connectivity index (χ2n) is 5.64. The van der Waals surface area contributed by atoms with Crippen molar-refractivity contribution in [2.24, 2.45) is 5.92 Å². The summed E-state index contributed by atoms with van der Waals surface area (Å²) in [6, 6.07) is 8.39. The Balaban J connectivity index is 1.79. The Hall–Kier alpha value is -1.31. The van der Waals surface area contributed by atoms with Crippen LogP contribution in [-0.4, -0.2) is 12.5 Å². The normalized spacial score (nSPS) is 20.9. The van der Waals surface area contributed by atoms with Gasteiger partial charge in [0.05, 0.1) is 0 Å². The lowest BCUT2D eigenvalue weighted by Crippen LogP contribution is -2.39. The van der Waals surface area contributed by atoms with Gasteiger partial charge in [0.25, 0.3) is 0 Å². The summed E-state index contributed by atoms with van der Waals surface area (Å²) in [6.45, 7) is 0.940. The van der Waals surface area contributed by atoms with Crippen molar-refractivity contribution >= 4 is 11.6 Å². The smallest absolute Gasteiger partial charge is 0.227 e. The van der Waals surface area contributed by atoms with E-state index in [-0.39, 0.29) is 0 Å². The predicted molar refractivity (Wildman–Crippen MR) is 73.7 cm³/mol. The summed E-state index contributed by atoms with van der Waals surface area (Å²) in [5.74, 6) is 1.04. The minimum Gasteiger partial charge on any atom is -0.312 e. The molecule has 18 heavy (non-hydrogen) atoms. The highest BCUT2D eigenvalue weighted by molar-refractivity contribution is 5.96. The molecule has 1 fully saturated rings. The fourth-order valence-corrected chi connectivity index (χ4v) is 3.32. The van der Waals surface area contributed by atoms with Crippen molar-refractivity contribution in [2.45, 2.75) is 44.9 Å². The standard InChI is InChI=1S/C16H21NO/c18-16-11-10-14-8-4-5-9-15(14)17(16)12-13-6-2-1-3-7-13/h4-5,8-9,13H,1-3,6-7,10-12H2. The summed E-state index contributed by atoms with van der Waals surface area (Å²) in [5.41, 5.74) is 2.51. The fraction of sp³-hybridized carbons (Fsp3) is 0.562. The monoisotopic (exact) mass is 243 g/mol. The van der Waals surface area contributed by atoms with E-state index < -0.39 is 0 Å². The van der Waals surface area contributed by atoms with Crippen LogP contribution in [0.5, 0.6) is 0 Å². The van der Waals surface area contributed by atoms with Crippen LogP contribution in [0.1, 0.15) is 44.1 Å². The third kappa shape index (κ3) is 2.29. The molecule has 1 aromatic carbocycles. The van der Waals surface area contributed by atoms with Crippen LogP contribution < -0.4 is 4.90 Å². The molecule has 0 atom stereocenters. The van der Waals surface area contributed by atoms with E-state index >= 15 is 0 Å². The van der Waals surface area contributed by atoms with Gasteiger partial charge in [0.1, 0.15) is 0 Å². The van der Waals surface area contributed by atoms with E-state index in [1.54, 1.807) is 0 Å². The number of benzene rings is 1. The van der Waals surface area contributed by atoms with Gasteiger partial charge in [0.15, 0.2) is 0 Å². The minimum atomic E-state index is 0.319. The Bertz CT molecular complexity index is 434. The van der Waals surface area contributed by atoms with Crippen molar-refractivity contribution in [3.63, 3.8) is 0 Å². The molecule has 1 aliphatic carbocycles. The second kappa shape index (κ2) is 5.13. The zero-order valence-electron chi connectivity index (χ0n) is 10.9. The highest BCUT2D eigenvalue weighted by Crippen LogP contribution is 2.31. The second-order valence-corrected chi connectivity index (χ2v) is 5.64. The number of carbonyl (C=O) groups is 1. The summed E-state index contributed by atoms with van der Waals surface area (Å²) >= 11 is 0. The molecule has 2 nitrogen and oxygen atoms in total. The van der Waals surface area contributed by atoms with Crippen LogP contribution in [0.2, 0.25) is 0 Å². The number of carbonyl (C=O) groups excluding carboxylic acids is 1. The van der Waals surface area contributed by atoms with E-state index in [1.165, 1.54) is 43.4 Å². The molecule has 0 aromatic heterocycles. The van der Waals surface area contributed by atoms with Gasteiger partial charge in [-0.05, 0) is 36.8 Å². The van der Waals surface area contributed by atoms with Gasteiger partial charge in [-0.25, -0.2) is 0 Å². The predicted octanol–water partition coefficient (Wildman–Crippen LogP) is 3.55. The number of hydrogen-bond acceptors (Lipinski definition) is 1. The highest BCUT2D eigenvalue weighted by Gasteiger charge is 2.26. The van der Waals surface area contributed by atoms with Gasteiger partial charge in [0, 0.05) is 18.7 Å². The number of hydrogen-bond donors (Lipinski definition) is 0. The van der Waals surface area contributed by atoms with Gasteiger partial charge in [-0.3, -0.25) is 4.79 Å². The van der Waals surface area contributed by atoms with E-state index in [0.29, 0.717) is 18.2 Å². The number of anilines is 1. The lowest BCUT2D eigenvalue weighted by Gasteiger charge is -2.33. The van der Waals surface area contributed by atoms with Crippen LogP contribution in [-0.2, 0) is 11.2 Å². The maximum Gasteiger partial charge on any atom is 0.227 e. The number of aryl methyl sites for hydroxylation is 1. The molecule has 1 amide bonds. The van der Waals surface area contributed by atoms with E-state index in [4.69, 9.17) is 0 Å². The first kappa shape index (κ1) is 11.8. The molecule has 1 saturated carbocycles. The first-order valence-electron chi connectivity index (χ1n) is 7.23. The third-order valence-electron chi connectivity index (χ3n) is 4.36. The van der Waals surface area contributed by atoms with Gasteiger partial charge in [0.2, 0.25) is 5.91 Å². The van der Waals surface area contributed by atoms with Crippen molar-refractivity contribution in [1.29, 1.82) is 0 Å². The van der Waals surface area contributed by atoms with E-state index in [1.807, 2.05) is 6.07 Å². The molecule has 0 radical (unpaired) electrons. The van der Waals surface area contributed by atoms with Crippen LogP contribution in [0, 0.1) is 5.92 Å². The lowest BCUT2D eigenvalue weighted by molar-refractivity contribution is -0.119. The number of amides is 1. The molecule has 96 valence electrons. The van der Waals surface area contributed by atoms with Crippen molar-refractivity contribution in [1.82, 2.24) is 0 Å². The Labute approximate surface area is 109 Å². The minimum absolute atomic E-state index is 0.319. The van der Waals surface area contributed by atoms with Gasteiger partial charge in [-0.1, -0.05) is 37.5 Å². The lowest BCUT2D eigenvalue weighted by atomic mass is 9.88. The zero-order chi connectivity index (χ0) is 12.4. The summed E-state index contributed by atoms with van der Waals surface area (Å²) in [7, 11) is 0. The van der Waals surface area contributed by atoms with E-state index in [9.17, 15) is 4.79 Å². The Morgan fingerprint density at radius 3 is 2.67 bits per heavy atom. The van der Waals surface area contributed by atoms with Gasteiger partial charge >= 0.3 is 0 Å². The van der Waals surface area contributed by atoms with Crippen LogP contribution >= 0.6 is 0 Å². The Morgan fingerprint density at radius 1 is 1.06 bits per heavy atom. The first-order valence-corrected chi connectivity index (χ1v) is 7.23. The largest absolute Gasteiger partial charge is 0.312 e. The van der Waals surface area contributed by atoms with Crippen LogP contribution in [0.3, 0.4) is 0 Å². The molecule has 0 N–H and O–H groups in total. The Morgan fingerprint density at radius 2 is 1.83 bits per heavy atom. The molecular formula is C16H21NO. The zero-order valence-corrected chi connectivity index (χ0v) is 10.9. The molecular weight excluding hydrogens is 222 g/mol. The summed E-state index contributed by atoms with van der Waals surface area (Å²) < 4.78 is 0. The van der Waals surface area contributed by atoms with E-state index in [2.05, 4.69) is 23.1 Å². The average molecular weight is 243 g/mol. The van der Waals surface area contributed by atoms with Crippen LogP contribution in [0.25, 0.3) is 0 Å². The molecule has 0 bridgehead atoms. The molecule has 2 heteroatoms. The molecule has 1 aliphatic heterocycles.